The molecule has 0 aliphatic heterocycles. The Morgan fingerprint density at radius 1 is 1.38 bits per heavy atom. The topological polar surface area (TPSA) is 55.3 Å². The van der Waals surface area contributed by atoms with E-state index in [-0.39, 0.29) is 0 Å². The van der Waals surface area contributed by atoms with Gasteiger partial charge in [-0.2, -0.15) is 0 Å². The van der Waals surface area contributed by atoms with Crippen molar-refractivity contribution in [2.75, 3.05) is 11.9 Å². The Bertz CT molecular complexity index is 373. The minimum Gasteiger partial charge on any atom is -0.443 e. The highest BCUT2D eigenvalue weighted by molar-refractivity contribution is 9.10. The van der Waals surface area contributed by atoms with Crippen molar-refractivity contribution in [1.82, 2.24) is 9.97 Å². The van der Waals surface area contributed by atoms with Crippen LogP contribution in [-0.4, -0.2) is 28.7 Å². The molecule has 0 radical (unpaired) electrons. The second-order valence-electron chi connectivity index (χ2n) is 4.25. The number of rotatable bonds is 1. The van der Waals surface area contributed by atoms with Gasteiger partial charge in [0.1, 0.15) is 5.60 Å². The first-order valence-corrected chi connectivity index (χ1v) is 5.53. The zero-order chi connectivity index (χ0) is 12.3. The van der Waals surface area contributed by atoms with E-state index in [4.69, 9.17) is 4.74 Å². The van der Waals surface area contributed by atoms with Crippen LogP contribution < -0.4 is 4.90 Å². The molecule has 0 bridgehead atoms. The number of amides is 1. The maximum Gasteiger partial charge on any atom is 0.414 e. The summed E-state index contributed by atoms with van der Waals surface area (Å²) in [5.74, 6) is 0. The van der Waals surface area contributed by atoms with Gasteiger partial charge in [0, 0.05) is 7.05 Å². The van der Waals surface area contributed by atoms with Gasteiger partial charge in [-0.3, -0.25) is 4.90 Å². The third kappa shape index (κ3) is 3.77. The highest BCUT2D eigenvalue weighted by atomic mass is 79.9. The lowest BCUT2D eigenvalue weighted by atomic mass is 10.2. The number of nitrogens with zero attached hydrogens (tertiary/aromatic N) is 3. The second kappa shape index (κ2) is 4.78. The van der Waals surface area contributed by atoms with Crippen LogP contribution in [0.5, 0.6) is 0 Å². The molecule has 1 aromatic rings. The number of halogens is 1. The molecule has 0 fully saturated rings. The summed E-state index contributed by atoms with van der Waals surface area (Å²) in [5, 5.41) is 0. The van der Waals surface area contributed by atoms with Crippen LogP contribution in [0, 0.1) is 0 Å². The van der Waals surface area contributed by atoms with Gasteiger partial charge in [0.05, 0.1) is 18.1 Å². The van der Waals surface area contributed by atoms with Crippen molar-refractivity contribution >= 4 is 27.7 Å². The van der Waals surface area contributed by atoms with Gasteiger partial charge >= 0.3 is 6.09 Å². The van der Waals surface area contributed by atoms with Crippen LogP contribution >= 0.6 is 15.9 Å². The van der Waals surface area contributed by atoms with Gasteiger partial charge in [-0.05, 0) is 36.7 Å². The fourth-order valence-electron chi connectivity index (χ4n) is 0.914. The molecule has 0 spiro atoms. The number of ether oxygens (including phenoxy) is 1. The summed E-state index contributed by atoms with van der Waals surface area (Å²) in [6.45, 7) is 5.45. The Morgan fingerprint density at radius 2 is 1.88 bits per heavy atom. The third-order valence-corrected chi connectivity index (χ3v) is 2.07. The summed E-state index contributed by atoms with van der Waals surface area (Å²) in [6.07, 6.45) is 2.65. The van der Waals surface area contributed by atoms with Crippen molar-refractivity contribution in [3.8, 4) is 0 Å². The van der Waals surface area contributed by atoms with Crippen molar-refractivity contribution in [1.29, 1.82) is 0 Å². The summed E-state index contributed by atoms with van der Waals surface area (Å²) in [5.41, 5.74) is 0.0686. The first kappa shape index (κ1) is 12.9. The van der Waals surface area contributed by atoms with Gasteiger partial charge < -0.3 is 4.74 Å². The van der Waals surface area contributed by atoms with E-state index in [1.165, 1.54) is 4.90 Å². The molecular formula is C10H14BrN3O2. The zero-order valence-electron chi connectivity index (χ0n) is 9.69. The molecule has 0 aliphatic rings. The summed E-state index contributed by atoms with van der Waals surface area (Å²) >= 11 is 3.12. The Balaban J connectivity index is 2.74. The molecule has 88 valence electrons. The lowest BCUT2D eigenvalue weighted by molar-refractivity contribution is 0.0589. The average Bonchev–Trinajstić information content (AvgIpc) is 2.15. The van der Waals surface area contributed by atoms with Crippen LogP contribution in [0.25, 0.3) is 0 Å². The quantitative estimate of drug-likeness (QED) is 0.745. The molecule has 1 amide bonds. The summed E-state index contributed by atoms with van der Waals surface area (Å²) in [7, 11) is 1.61. The van der Waals surface area contributed by atoms with Crippen molar-refractivity contribution in [3.05, 3.63) is 17.1 Å². The molecule has 0 unspecified atom stereocenters. The minimum absolute atomic E-state index is 0.432. The Morgan fingerprint density at radius 3 is 2.31 bits per heavy atom. The Kier molecular flexibility index (Phi) is 3.85. The highest BCUT2D eigenvalue weighted by Crippen LogP contribution is 2.15. The molecule has 0 N–H and O–H groups in total. The number of anilines is 1. The molecule has 5 nitrogen and oxygen atoms in total. The normalized spacial score (nSPS) is 11.1. The van der Waals surface area contributed by atoms with E-state index in [1.807, 2.05) is 20.8 Å². The zero-order valence-corrected chi connectivity index (χ0v) is 11.3. The molecule has 0 aliphatic carbocycles. The second-order valence-corrected chi connectivity index (χ2v) is 4.96. The van der Waals surface area contributed by atoms with Crippen LogP contribution in [0.15, 0.2) is 17.1 Å². The van der Waals surface area contributed by atoms with E-state index in [0.29, 0.717) is 10.4 Å². The van der Waals surface area contributed by atoms with Gasteiger partial charge in [-0.15, -0.1) is 0 Å². The predicted octanol–water partition coefficient (Wildman–Crippen LogP) is 2.61. The number of hydrogen-bond donors (Lipinski definition) is 0. The first-order valence-electron chi connectivity index (χ1n) is 4.74. The molecule has 1 rings (SSSR count). The summed E-state index contributed by atoms with van der Waals surface area (Å²) in [6, 6.07) is 0. The molecule has 6 heteroatoms. The fraction of sp³-hybridized carbons (Fsp3) is 0.500. The summed E-state index contributed by atoms with van der Waals surface area (Å²) in [4.78, 5) is 20.9. The molecule has 16 heavy (non-hydrogen) atoms. The first-order chi connectivity index (χ1) is 7.29. The lowest BCUT2D eigenvalue weighted by Crippen LogP contribution is -2.34. The minimum atomic E-state index is -0.512. The largest absolute Gasteiger partial charge is 0.443 e. The van der Waals surface area contributed by atoms with Gasteiger partial charge in [-0.25, -0.2) is 14.8 Å². The van der Waals surface area contributed by atoms with Crippen LogP contribution in [0.1, 0.15) is 20.8 Å². The maximum absolute atomic E-state index is 11.7. The fourth-order valence-corrected chi connectivity index (χ4v) is 1.12. The summed E-state index contributed by atoms with van der Waals surface area (Å²) < 4.78 is 5.68. The highest BCUT2D eigenvalue weighted by Gasteiger charge is 2.20. The van der Waals surface area contributed by atoms with E-state index in [1.54, 1.807) is 19.4 Å². The van der Waals surface area contributed by atoms with Crippen LogP contribution in [-0.2, 0) is 4.74 Å². The molecule has 0 saturated heterocycles. The van der Waals surface area contributed by atoms with Crippen LogP contribution in [0.2, 0.25) is 0 Å². The van der Waals surface area contributed by atoms with Crippen molar-refractivity contribution in [2.45, 2.75) is 26.4 Å². The van der Waals surface area contributed by atoms with E-state index >= 15 is 0 Å². The van der Waals surface area contributed by atoms with Crippen molar-refractivity contribution < 1.29 is 9.53 Å². The van der Waals surface area contributed by atoms with Gasteiger partial charge in [0.15, 0.2) is 4.73 Å². The maximum atomic E-state index is 11.7. The standard InChI is InChI=1S/C10H14BrN3O2/c1-10(2,3)16-9(15)14(4)7-5-12-8(11)13-6-7/h5-6H,1-4H3. The van der Waals surface area contributed by atoms with Crippen molar-refractivity contribution in [3.63, 3.8) is 0 Å². The van der Waals surface area contributed by atoms with E-state index in [0.717, 1.165) is 0 Å². The molecule has 0 atom stereocenters. The number of carbonyl (C=O) groups is 1. The number of aromatic nitrogens is 2. The van der Waals surface area contributed by atoms with Crippen LogP contribution in [0.4, 0.5) is 10.5 Å². The molecule has 1 heterocycles. The van der Waals surface area contributed by atoms with Gasteiger partial charge in [0.25, 0.3) is 0 Å². The van der Waals surface area contributed by atoms with E-state index in [9.17, 15) is 4.79 Å². The third-order valence-electron chi connectivity index (χ3n) is 1.66. The molecule has 0 saturated carbocycles. The lowest BCUT2D eigenvalue weighted by Gasteiger charge is -2.24. The monoisotopic (exact) mass is 287 g/mol. The molecular weight excluding hydrogens is 274 g/mol. The van der Waals surface area contributed by atoms with Crippen LogP contribution in [0.3, 0.4) is 0 Å². The smallest absolute Gasteiger partial charge is 0.414 e. The van der Waals surface area contributed by atoms with E-state index < -0.39 is 11.7 Å². The van der Waals surface area contributed by atoms with Crippen molar-refractivity contribution in [2.24, 2.45) is 0 Å². The average molecular weight is 288 g/mol. The Labute approximate surface area is 103 Å². The van der Waals surface area contributed by atoms with Gasteiger partial charge in [-0.1, -0.05) is 0 Å². The molecule has 0 aromatic carbocycles. The molecule has 1 aromatic heterocycles. The van der Waals surface area contributed by atoms with E-state index in [2.05, 4.69) is 25.9 Å². The Hall–Kier alpha value is -1.17. The van der Waals surface area contributed by atoms with Gasteiger partial charge in [0.2, 0.25) is 0 Å². The number of carbonyl (C=O) groups excluding carboxylic acids is 1. The number of hydrogen-bond acceptors (Lipinski definition) is 4. The SMILES string of the molecule is CN(C(=O)OC(C)(C)C)c1cnc(Br)nc1. The predicted molar refractivity (Wildman–Crippen MR) is 64.4 cm³/mol.